The van der Waals surface area contributed by atoms with Gasteiger partial charge in [0.1, 0.15) is 5.54 Å². The maximum absolute atomic E-state index is 12.8. The number of sulfonamides is 1. The lowest BCUT2D eigenvalue weighted by Gasteiger charge is -2.33. The number of benzene rings is 1. The van der Waals surface area contributed by atoms with E-state index in [4.69, 9.17) is 0 Å². The molecule has 0 atom stereocenters. The van der Waals surface area contributed by atoms with Crippen LogP contribution in [0.3, 0.4) is 0 Å². The van der Waals surface area contributed by atoms with Crippen LogP contribution < -0.4 is 10.7 Å². The summed E-state index contributed by atoms with van der Waals surface area (Å²) in [5.74, 6) is -0.920. The lowest BCUT2D eigenvalue weighted by molar-refractivity contribution is -0.140. The fourth-order valence-electron chi connectivity index (χ4n) is 4.62. The second-order valence-electron chi connectivity index (χ2n) is 8.67. The fraction of sp³-hybridized carbons (Fsp3) is 0.571. The molecule has 2 aliphatic heterocycles. The standard InChI is InChI=1S/C21H29N5O5S/c27-18(23-26-19(28)21(22-20(26)29)9-5-2-6-10-21)15-24-11-13-25(14-12-24)32(30,31)16-17-7-3-1-4-8-17/h1,3-4,7-8H,2,5-6,9-16H2,(H,22,29)(H,23,27). The summed E-state index contributed by atoms with van der Waals surface area (Å²) in [5, 5.41) is 3.56. The SMILES string of the molecule is O=C(CN1CCN(S(=O)(=O)Cc2ccccc2)CC1)NN1C(=O)NC2(CCCCC2)C1=O. The van der Waals surface area contributed by atoms with Gasteiger partial charge in [-0.25, -0.2) is 13.2 Å². The van der Waals surface area contributed by atoms with Crippen LogP contribution in [0.15, 0.2) is 30.3 Å². The third kappa shape index (κ3) is 4.79. The minimum Gasteiger partial charge on any atom is -0.322 e. The molecule has 2 saturated heterocycles. The van der Waals surface area contributed by atoms with E-state index in [2.05, 4.69) is 10.7 Å². The predicted octanol–water partition coefficient (Wildman–Crippen LogP) is 0.420. The number of rotatable bonds is 6. The van der Waals surface area contributed by atoms with E-state index >= 15 is 0 Å². The summed E-state index contributed by atoms with van der Waals surface area (Å²) in [5.41, 5.74) is 2.28. The first-order valence-corrected chi connectivity index (χ1v) is 12.6. The molecule has 2 N–H and O–H groups in total. The Morgan fingerprint density at radius 1 is 1.00 bits per heavy atom. The Labute approximate surface area is 187 Å². The number of hydrazine groups is 1. The van der Waals surface area contributed by atoms with Crippen LogP contribution in [0, 0.1) is 0 Å². The second kappa shape index (κ2) is 9.16. The smallest absolute Gasteiger partial charge is 0.322 e. The molecule has 1 spiro atoms. The van der Waals surface area contributed by atoms with Crippen LogP contribution >= 0.6 is 0 Å². The van der Waals surface area contributed by atoms with Crippen molar-refractivity contribution in [3.05, 3.63) is 35.9 Å². The molecule has 10 nitrogen and oxygen atoms in total. The van der Waals surface area contributed by atoms with Gasteiger partial charge in [-0.05, 0) is 18.4 Å². The van der Waals surface area contributed by atoms with Gasteiger partial charge in [0.15, 0.2) is 0 Å². The minimum atomic E-state index is -3.44. The van der Waals surface area contributed by atoms with Gasteiger partial charge in [0.2, 0.25) is 10.0 Å². The van der Waals surface area contributed by atoms with Crippen LogP contribution in [0.5, 0.6) is 0 Å². The normalized spacial score (nSPS) is 22.2. The molecule has 3 aliphatic rings. The highest BCUT2D eigenvalue weighted by Crippen LogP contribution is 2.33. The molecule has 4 amide bonds. The van der Waals surface area contributed by atoms with Crippen LogP contribution in [0.25, 0.3) is 0 Å². The van der Waals surface area contributed by atoms with E-state index < -0.39 is 33.4 Å². The molecule has 11 heteroatoms. The summed E-state index contributed by atoms with van der Waals surface area (Å²) in [6, 6.07) is 8.43. The minimum absolute atomic E-state index is 0.0172. The van der Waals surface area contributed by atoms with Crippen molar-refractivity contribution in [2.75, 3.05) is 32.7 Å². The van der Waals surface area contributed by atoms with Crippen molar-refractivity contribution in [1.82, 2.24) is 25.0 Å². The van der Waals surface area contributed by atoms with Gasteiger partial charge in [-0.3, -0.25) is 19.9 Å². The lowest BCUT2D eigenvalue weighted by atomic mass is 9.82. The summed E-state index contributed by atoms with van der Waals surface area (Å²) in [6.45, 7) is 1.34. The van der Waals surface area contributed by atoms with Crippen LogP contribution in [-0.2, 0) is 25.4 Å². The number of urea groups is 1. The molecule has 4 rings (SSSR count). The Hall–Kier alpha value is -2.50. The van der Waals surface area contributed by atoms with Crippen molar-refractivity contribution in [2.45, 2.75) is 43.4 Å². The first-order valence-electron chi connectivity index (χ1n) is 11.0. The molecule has 174 valence electrons. The van der Waals surface area contributed by atoms with Gasteiger partial charge >= 0.3 is 6.03 Å². The van der Waals surface area contributed by atoms with Gasteiger partial charge in [0.05, 0.1) is 12.3 Å². The summed E-state index contributed by atoms with van der Waals surface area (Å²) >= 11 is 0. The van der Waals surface area contributed by atoms with Crippen LogP contribution in [0.2, 0.25) is 0 Å². The van der Waals surface area contributed by atoms with E-state index in [0.29, 0.717) is 25.9 Å². The van der Waals surface area contributed by atoms with E-state index in [9.17, 15) is 22.8 Å². The zero-order chi connectivity index (χ0) is 22.8. The van der Waals surface area contributed by atoms with Crippen LogP contribution in [0.1, 0.15) is 37.7 Å². The van der Waals surface area contributed by atoms with Crippen molar-refractivity contribution in [3.8, 4) is 0 Å². The molecule has 0 bridgehead atoms. The average Bonchev–Trinajstić information content (AvgIpc) is 2.99. The van der Waals surface area contributed by atoms with Gasteiger partial charge < -0.3 is 5.32 Å². The molecule has 2 heterocycles. The molecule has 1 aliphatic carbocycles. The van der Waals surface area contributed by atoms with Gasteiger partial charge in [-0.2, -0.15) is 9.31 Å². The summed E-state index contributed by atoms with van der Waals surface area (Å²) in [7, 11) is -3.44. The zero-order valence-electron chi connectivity index (χ0n) is 18.0. The maximum Gasteiger partial charge on any atom is 0.344 e. The molecular weight excluding hydrogens is 434 g/mol. The molecule has 0 radical (unpaired) electrons. The zero-order valence-corrected chi connectivity index (χ0v) is 18.8. The molecule has 1 aromatic rings. The van der Waals surface area contributed by atoms with E-state index in [0.717, 1.165) is 29.8 Å². The van der Waals surface area contributed by atoms with E-state index in [-0.39, 0.29) is 25.4 Å². The third-order valence-electron chi connectivity index (χ3n) is 6.39. The molecule has 0 unspecified atom stereocenters. The Kier molecular flexibility index (Phi) is 6.50. The predicted molar refractivity (Wildman–Crippen MR) is 116 cm³/mol. The van der Waals surface area contributed by atoms with Crippen molar-refractivity contribution >= 4 is 27.9 Å². The summed E-state index contributed by atoms with van der Waals surface area (Å²) in [4.78, 5) is 39.4. The third-order valence-corrected chi connectivity index (χ3v) is 8.24. The van der Waals surface area contributed by atoms with Gasteiger partial charge in [-0.15, -0.1) is 0 Å². The van der Waals surface area contributed by atoms with Crippen molar-refractivity contribution in [3.63, 3.8) is 0 Å². The Morgan fingerprint density at radius 3 is 2.31 bits per heavy atom. The fourth-order valence-corrected chi connectivity index (χ4v) is 6.14. The summed E-state index contributed by atoms with van der Waals surface area (Å²) in [6.07, 6.45) is 3.94. The van der Waals surface area contributed by atoms with Crippen LogP contribution in [0.4, 0.5) is 4.79 Å². The average molecular weight is 464 g/mol. The number of nitrogens with zero attached hydrogens (tertiary/aromatic N) is 3. The number of piperazine rings is 1. The number of carbonyl (C=O) groups is 3. The monoisotopic (exact) mass is 463 g/mol. The molecule has 3 fully saturated rings. The first-order chi connectivity index (χ1) is 15.3. The summed E-state index contributed by atoms with van der Waals surface area (Å²) < 4.78 is 26.8. The van der Waals surface area contributed by atoms with E-state index in [1.165, 1.54) is 4.31 Å². The molecule has 1 saturated carbocycles. The van der Waals surface area contributed by atoms with Crippen molar-refractivity contribution in [2.24, 2.45) is 0 Å². The number of imide groups is 1. The second-order valence-corrected chi connectivity index (χ2v) is 10.6. The van der Waals surface area contributed by atoms with Crippen molar-refractivity contribution < 1.29 is 22.8 Å². The number of amides is 4. The Morgan fingerprint density at radius 2 is 1.66 bits per heavy atom. The van der Waals surface area contributed by atoms with Crippen LogP contribution in [-0.4, -0.2) is 78.7 Å². The van der Waals surface area contributed by atoms with E-state index in [1.807, 2.05) is 23.1 Å². The Balaban J connectivity index is 1.27. The van der Waals surface area contributed by atoms with Crippen molar-refractivity contribution in [1.29, 1.82) is 0 Å². The molecule has 32 heavy (non-hydrogen) atoms. The maximum atomic E-state index is 12.8. The Bertz CT molecular complexity index is 970. The highest BCUT2D eigenvalue weighted by molar-refractivity contribution is 7.88. The lowest BCUT2D eigenvalue weighted by Crippen LogP contribution is -2.55. The number of hydrogen-bond donors (Lipinski definition) is 2. The number of hydrogen-bond acceptors (Lipinski definition) is 6. The topological polar surface area (TPSA) is 119 Å². The highest BCUT2D eigenvalue weighted by Gasteiger charge is 2.52. The van der Waals surface area contributed by atoms with E-state index in [1.54, 1.807) is 12.1 Å². The molecule has 0 aromatic heterocycles. The molecule has 1 aromatic carbocycles. The largest absolute Gasteiger partial charge is 0.344 e. The molecular formula is C21H29N5O5S. The van der Waals surface area contributed by atoms with Gasteiger partial charge in [0.25, 0.3) is 11.8 Å². The number of carbonyl (C=O) groups excluding carboxylic acids is 3. The first kappa shape index (κ1) is 22.7. The van der Waals surface area contributed by atoms with Gasteiger partial charge in [0, 0.05) is 26.2 Å². The highest BCUT2D eigenvalue weighted by atomic mass is 32.2. The van der Waals surface area contributed by atoms with Gasteiger partial charge in [-0.1, -0.05) is 49.6 Å². The number of nitrogens with one attached hydrogen (secondary N) is 2. The quantitative estimate of drug-likeness (QED) is 0.590.